The smallest absolute Gasteiger partial charge is 0.0575 e. The summed E-state index contributed by atoms with van der Waals surface area (Å²) < 4.78 is 17.1. The SMILES string of the molecule is COCC(COC)(COC1CCCCCC1)C(C)C. The van der Waals surface area contributed by atoms with Crippen molar-refractivity contribution in [2.75, 3.05) is 34.0 Å². The van der Waals surface area contributed by atoms with Crippen LogP contribution in [0.2, 0.25) is 0 Å². The van der Waals surface area contributed by atoms with Crippen molar-refractivity contribution >= 4 is 0 Å². The highest BCUT2D eigenvalue weighted by Crippen LogP contribution is 2.31. The summed E-state index contributed by atoms with van der Waals surface area (Å²) >= 11 is 0. The number of hydrogen-bond donors (Lipinski definition) is 0. The fourth-order valence-corrected chi connectivity index (χ4v) is 2.89. The number of methoxy groups -OCH3 is 2. The lowest BCUT2D eigenvalue weighted by Crippen LogP contribution is -2.42. The summed E-state index contributed by atoms with van der Waals surface area (Å²) in [6.45, 7) is 6.61. The van der Waals surface area contributed by atoms with Gasteiger partial charge in [-0.25, -0.2) is 0 Å². The molecule has 0 aliphatic heterocycles. The van der Waals surface area contributed by atoms with Crippen LogP contribution < -0.4 is 0 Å². The molecule has 0 atom stereocenters. The van der Waals surface area contributed by atoms with E-state index in [0.717, 1.165) is 6.61 Å². The molecule has 1 saturated carbocycles. The predicted molar refractivity (Wildman–Crippen MR) is 78.5 cm³/mol. The first-order chi connectivity index (χ1) is 9.14. The Balaban J connectivity index is 2.54. The van der Waals surface area contributed by atoms with Crippen LogP contribution in [0.5, 0.6) is 0 Å². The van der Waals surface area contributed by atoms with Gasteiger partial charge < -0.3 is 14.2 Å². The zero-order valence-electron chi connectivity index (χ0n) is 13.2. The molecule has 0 aromatic heterocycles. The lowest BCUT2D eigenvalue weighted by atomic mass is 9.79. The van der Waals surface area contributed by atoms with Gasteiger partial charge >= 0.3 is 0 Å². The van der Waals surface area contributed by atoms with E-state index in [0.29, 0.717) is 25.2 Å². The average Bonchev–Trinajstić information content (AvgIpc) is 2.64. The van der Waals surface area contributed by atoms with Crippen molar-refractivity contribution in [3.63, 3.8) is 0 Å². The minimum Gasteiger partial charge on any atom is -0.384 e. The molecule has 1 rings (SSSR count). The molecule has 3 heteroatoms. The van der Waals surface area contributed by atoms with E-state index in [1.807, 2.05) is 0 Å². The zero-order valence-corrected chi connectivity index (χ0v) is 13.2. The molecule has 0 radical (unpaired) electrons. The Morgan fingerprint density at radius 2 is 1.42 bits per heavy atom. The van der Waals surface area contributed by atoms with E-state index < -0.39 is 0 Å². The minimum absolute atomic E-state index is 0.0181. The Morgan fingerprint density at radius 1 is 0.895 bits per heavy atom. The standard InChI is InChI=1S/C16H32O3/c1-14(2)16(11-17-3,12-18-4)13-19-15-9-7-5-6-8-10-15/h14-15H,5-13H2,1-4H3. The quantitative estimate of drug-likeness (QED) is 0.631. The van der Waals surface area contributed by atoms with Crippen molar-refractivity contribution in [2.45, 2.75) is 58.5 Å². The molecule has 114 valence electrons. The lowest BCUT2D eigenvalue weighted by Gasteiger charge is -2.37. The van der Waals surface area contributed by atoms with Crippen LogP contribution in [0.4, 0.5) is 0 Å². The molecule has 0 spiro atoms. The molecular weight excluding hydrogens is 240 g/mol. The first-order valence-corrected chi connectivity index (χ1v) is 7.74. The van der Waals surface area contributed by atoms with Gasteiger partial charge in [-0.1, -0.05) is 39.5 Å². The third-order valence-corrected chi connectivity index (χ3v) is 4.50. The second-order valence-corrected chi connectivity index (χ2v) is 6.31. The molecule has 0 bridgehead atoms. The maximum absolute atomic E-state index is 6.23. The fourth-order valence-electron chi connectivity index (χ4n) is 2.89. The monoisotopic (exact) mass is 272 g/mol. The largest absolute Gasteiger partial charge is 0.384 e. The van der Waals surface area contributed by atoms with Gasteiger partial charge in [0.25, 0.3) is 0 Å². The van der Waals surface area contributed by atoms with Crippen LogP contribution in [0.3, 0.4) is 0 Å². The fraction of sp³-hybridized carbons (Fsp3) is 1.00. The molecule has 0 amide bonds. The van der Waals surface area contributed by atoms with Crippen LogP contribution in [0.1, 0.15) is 52.4 Å². The van der Waals surface area contributed by atoms with Crippen LogP contribution in [0.15, 0.2) is 0 Å². The van der Waals surface area contributed by atoms with E-state index in [2.05, 4.69) is 13.8 Å². The maximum atomic E-state index is 6.23. The van der Waals surface area contributed by atoms with Gasteiger partial charge in [-0.2, -0.15) is 0 Å². The topological polar surface area (TPSA) is 27.7 Å². The average molecular weight is 272 g/mol. The molecule has 0 heterocycles. The highest BCUT2D eigenvalue weighted by Gasteiger charge is 2.35. The lowest BCUT2D eigenvalue weighted by molar-refractivity contribution is -0.0967. The normalized spacial score (nSPS) is 18.8. The minimum atomic E-state index is -0.0181. The molecule has 1 aliphatic carbocycles. The highest BCUT2D eigenvalue weighted by molar-refractivity contribution is 4.83. The second-order valence-electron chi connectivity index (χ2n) is 6.31. The molecule has 19 heavy (non-hydrogen) atoms. The number of ether oxygens (including phenoxy) is 3. The van der Waals surface area contributed by atoms with E-state index in [1.165, 1.54) is 38.5 Å². The summed E-state index contributed by atoms with van der Waals surface area (Å²) in [6, 6.07) is 0. The van der Waals surface area contributed by atoms with Gasteiger partial charge in [-0.05, 0) is 18.8 Å². The van der Waals surface area contributed by atoms with Gasteiger partial charge in [0.05, 0.1) is 25.9 Å². The van der Waals surface area contributed by atoms with E-state index in [-0.39, 0.29) is 5.41 Å². The van der Waals surface area contributed by atoms with Gasteiger partial charge in [0.2, 0.25) is 0 Å². The van der Waals surface area contributed by atoms with Crippen molar-refractivity contribution in [1.29, 1.82) is 0 Å². The van der Waals surface area contributed by atoms with Crippen LogP contribution in [-0.2, 0) is 14.2 Å². The molecule has 0 saturated heterocycles. The number of rotatable bonds is 8. The van der Waals surface area contributed by atoms with E-state index in [1.54, 1.807) is 14.2 Å². The number of hydrogen-bond acceptors (Lipinski definition) is 3. The van der Waals surface area contributed by atoms with Crippen LogP contribution in [0.25, 0.3) is 0 Å². The van der Waals surface area contributed by atoms with Crippen molar-refractivity contribution in [2.24, 2.45) is 11.3 Å². The van der Waals surface area contributed by atoms with E-state index in [4.69, 9.17) is 14.2 Å². The molecule has 1 aliphatic rings. The van der Waals surface area contributed by atoms with Crippen molar-refractivity contribution in [3.05, 3.63) is 0 Å². The Hall–Kier alpha value is -0.120. The van der Waals surface area contributed by atoms with Crippen LogP contribution >= 0.6 is 0 Å². The predicted octanol–water partition coefficient (Wildman–Crippen LogP) is 3.66. The molecule has 0 aromatic rings. The first kappa shape index (κ1) is 16.9. The van der Waals surface area contributed by atoms with Gasteiger partial charge in [-0.15, -0.1) is 0 Å². The third-order valence-electron chi connectivity index (χ3n) is 4.50. The molecule has 0 aromatic carbocycles. The molecular formula is C16H32O3. The first-order valence-electron chi connectivity index (χ1n) is 7.74. The zero-order chi connectivity index (χ0) is 14.1. The Labute approximate surface area is 119 Å². The summed E-state index contributed by atoms with van der Waals surface area (Å²) in [5.41, 5.74) is -0.0181. The Bertz CT molecular complexity index is 214. The summed E-state index contributed by atoms with van der Waals surface area (Å²) in [5, 5.41) is 0. The van der Waals surface area contributed by atoms with Gasteiger partial charge in [0.1, 0.15) is 0 Å². The van der Waals surface area contributed by atoms with Gasteiger partial charge in [-0.3, -0.25) is 0 Å². The van der Waals surface area contributed by atoms with Crippen molar-refractivity contribution in [1.82, 2.24) is 0 Å². The second kappa shape index (κ2) is 8.93. The van der Waals surface area contributed by atoms with Crippen LogP contribution in [0, 0.1) is 11.3 Å². The maximum Gasteiger partial charge on any atom is 0.0575 e. The van der Waals surface area contributed by atoms with Crippen molar-refractivity contribution < 1.29 is 14.2 Å². The van der Waals surface area contributed by atoms with E-state index in [9.17, 15) is 0 Å². The van der Waals surface area contributed by atoms with Gasteiger partial charge in [0.15, 0.2) is 0 Å². The summed E-state index contributed by atoms with van der Waals surface area (Å²) in [5.74, 6) is 0.484. The molecule has 3 nitrogen and oxygen atoms in total. The molecule has 0 N–H and O–H groups in total. The highest BCUT2D eigenvalue weighted by atomic mass is 16.5. The summed E-state index contributed by atoms with van der Waals surface area (Å²) in [6.07, 6.45) is 8.23. The molecule has 0 unspecified atom stereocenters. The summed E-state index contributed by atoms with van der Waals surface area (Å²) in [7, 11) is 3.52. The Kier molecular flexibility index (Phi) is 7.96. The van der Waals surface area contributed by atoms with Gasteiger partial charge in [0, 0.05) is 19.6 Å². The molecule has 1 fully saturated rings. The third kappa shape index (κ3) is 5.41. The Morgan fingerprint density at radius 3 is 1.84 bits per heavy atom. The van der Waals surface area contributed by atoms with E-state index >= 15 is 0 Å². The summed E-state index contributed by atoms with van der Waals surface area (Å²) in [4.78, 5) is 0. The van der Waals surface area contributed by atoms with Crippen molar-refractivity contribution in [3.8, 4) is 0 Å². The van der Waals surface area contributed by atoms with Crippen LogP contribution in [-0.4, -0.2) is 40.1 Å².